The second-order valence-electron chi connectivity index (χ2n) is 5.32. The minimum Gasteiger partial charge on any atom is -0.464 e. The van der Waals surface area contributed by atoms with Gasteiger partial charge in [-0.2, -0.15) is 0 Å². The van der Waals surface area contributed by atoms with Gasteiger partial charge < -0.3 is 15.0 Å². The summed E-state index contributed by atoms with van der Waals surface area (Å²) < 4.78 is 4.73. The summed E-state index contributed by atoms with van der Waals surface area (Å²) in [7, 11) is 1.38. The van der Waals surface area contributed by atoms with Crippen LogP contribution in [0.4, 0.5) is 5.13 Å². The lowest BCUT2D eigenvalue weighted by Gasteiger charge is -2.29. The average Bonchev–Trinajstić information content (AvgIpc) is 2.79. The highest BCUT2D eigenvalue weighted by atomic mass is 32.1. The van der Waals surface area contributed by atoms with E-state index in [-0.39, 0.29) is 5.97 Å². The van der Waals surface area contributed by atoms with Crippen molar-refractivity contribution in [3.05, 3.63) is 10.6 Å². The van der Waals surface area contributed by atoms with E-state index in [2.05, 4.69) is 22.1 Å². The standard InChI is InChI=1S/C14H23N3O2S/c1-10(9-17-7-5-4-6-8-17)15-14-16-12(11(2)20-14)13(18)19-3/h10H,4-9H2,1-3H3,(H,15,16). The summed E-state index contributed by atoms with van der Waals surface area (Å²) in [6, 6.07) is 0.323. The molecule has 1 unspecified atom stereocenters. The first-order valence-corrected chi connectivity index (χ1v) is 7.96. The third-order valence-electron chi connectivity index (χ3n) is 3.53. The number of hydrogen-bond acceptors (Lipinski definition) is 6. The van der Waals surface area contributed by atoms with E-state index in [1.807, 2.05) is 6.92 Å². The Bertz CT molecular complexity index is 455. The van der Waals surface area contributed by atoms with Crippen LogP contribution in [0, 0.1) is 6.92 Å². The predicted molar refractivity (Wildman–Crippen MR) is 81.6 cm³/mol. The number of carbonyl (C=O) groups is 1. The van der Waals surface area contributed by atoms with Crippen molar-refractivity contribution in [2.24, 2.45) is 0 Å². The molecule has 20 heavy (non-hydrogen) atoms. The lowest BCUT2D eigenvalue weighted by atomic mass is 10.1. The maximum absolute atomic E-state index is 11.5. The van der Waals surface area contributed by atoms with Gasteiger partial charge in [0.1, 0.15) is 0 Å². The van der Waals surface area contributed by atoms with Crippen LogP contribution in [0.2, 0.25) is 0 Å². The fraction of sp³-hybridized carbons (Fsp3) is 0.714. The molecule has 0 aliphatic carbocycles. The molecule has 0 spiro atoms. The quantitative estimate of drug-likeness (QED) is 0.846. The van der Waals surface area contributed by atoms with Gasteiger partial charge in [-0.15, -0.1) is 11.3 Å². The fourth-order valence-electron chi connectivity index (χ4n) is 2.53. The largest absolute Gasteiger partial charge is 0.464 e. The number of rotatable bonds is 5. The van der Waals surface area contributed by atoms with E-state index in [9.17, 15) is 4.79 Å². The van der Waals surface area contributed by atoms with E-state index < -0.39 is 0 Å². The van der Waals surface area contributed by atoms with Gasteiger partial charge in [-0.3, -0.25) is 0 Å². The van der Waals surface area contributed by atoms with Gasteiger partial charge in [0, 0.05) is 17.5 Å². The Morgan fingerprint density at radius 3 is 2.80 bits per heavy atom. The molecule has 1 atom stereocenters. The maximum atomic E-state index is 11.5. The molecule has 0 amide bonds. The number of nitrogens with one attached hydrogen (secondary N) is 1. The highest BCUT2D eigenvalue weighted by molar-refractivity contribution is 7.15. The van der Waals surface area contributed by atoms with E-state index in [0.717, 1.165) is 16.6 Å². The number of esters is 1. The molecule has 1 N–H and O–H groups in total. The Hall–Kier alpha value is -1.14. The number of aryl methyl sites for hydroxylation is 1. The first kappa shape index (κ1) is 15.3. The first-order chi connectivity index (χ1) is 9.60. The van der Waals surface area contributed by atoms with Crippen LogP contribution in [0.3, 0.4) is 0 Å². The van der Waals surface area contributed by atoms with Crippen LogP contribution in [-0.4, -0.2) is 48.6 Å². The Morgan fingerprint density at radius 2 is 2.15 bits per heavy atom. The van der Waals surface area contributed by atoms with Crippen LogP contribution in [0.25, 0.3) is 0 Å². The lowest BCUT2D eigenvalue weighted by Crippen LogP contribution is -2.38. The summed E-state index contributed by atoms with van der Waals surface area (Å²) in [5.41, 5.74) is 0.421. The molecule has 0 saturated carbocycles. The second-order valence-corrected chi connectivity index (χ2v) is 6.53. The number of ether oxygens (including phenoxy) is 1. The van der Waals surface area contributed by atoms with E-state index >= 15 is 0 Å². The number of hydrogen-bond donors (Lipinski definition) is 1. The normalized spacial score (nSPS) is 17.8. The number of nitrogens with zero attached hydrogens (tertiary/aromatic N) is 2. The Labute approximate surface area is 124 Å². The third kappa shape index (κ3) is 3.93. The van der Waals surface area contributed by atoms with Crippen molar-refractivity contribution in [3.63, 3.8) is 0 Å². The lowest BCUT2D eigenvalue weighted by molar-refractivity contribution is 0.0594. The maximum Gasteiger partial charge on any atom is 0.357 e. The van der Waals surface area contributed by atoms with Crippen molar-refractivity contribution in [1.29, 1.82) is 0 Å². The number of carbonyl (C=O) groups excluding carboxylic acids is 1. The molecule has 2 rings (SSSR count). The highest BCUT2D eigenvalue weighted by Crippen LogP contribution is 2.23. The number of methoxy groups -OCH3 is 1. The zero-order valence-electron chi connectivity index (χ0n) is 12.4. The Kier molecular flexibility index (Phi) is 5.37. The van der Waals surface area contributed by atoms with E-state index in [0.29, 0.717) is 11.7 Å². The SMILES string of the molecule is COC(=O)c1nc(NC(C)CN2CCCCC2)sc1C. The predicted octanol–water partition coefficient (Wildman–Crippen LogP) is 2.52. The molecule has 0 bridgehead atoms. The van der Waals surface area contributed by atoms with Gasteiger partial charge in [-0.25, -0.2) is 9.78 Å². The molecule has 2 heterocycles. The van der Waals surface area contributed by atoms with Crippen molar-refractivity contribution in [2.75, 3.05) is 32.1 Å². The van der Waals surface area contributed by atoms with Crippen LogP contribution in [0.1, 0.15) is 41.6 Å². The number of anilines is 1. The Morgan fingerprint density at radius 1 is 1.45 bits per heavy atom. The summed E-state index contributed by atoms with van der Waals surface area (Å²) in [5, 5.41) is 4.19. The van der Waals surface area contributed by atoms with Gasteiger partial charge in [0.15, 0.2) is 10.8 Å². The van der Waals surface area contributed by atoms with Gasteiger partial charge in [0.2, 0.25) is 0 Å². The molecule has 1 saturated heterocycles. The number of aromatic nitrogens is 1. The molecule has 6 heteroatoms. The summed E-state index contributed by atoms with van der Waals surface area (Å²) in [4.78, 5) is 19.2. The molecule has 1 aromatic rings. The van der Waals surface area contributed by atoms with Crippen LogP contribution < -0.4 is 5.32 Å². The van der Waals surface area contributed by atoms with Crippen LogP contribution >= 0.6 is 11.3 Å². The topological polar surface area (TPSA) is 54.5 Å². The number of piperidine rings is 1. The number of thiazole rings is 1. The van der Waals surface area contributed by atoms with E-state index in [1.165, 1.54) is 50.8 Å². The van der Waals surface area contributed by atoms with Crippen molar-refractivity contribution in [2.45, 2.75) is 39.2 Å². The van der Waals surface area contributed by atoms with E-state index in [4.69, 9.17) is 4.74 Å². The summed E-state index contributed by atoms with van der Waals surface area (Å²) >= 11 is 1.51. The van der Waals surface area contributed by atoms with Crippen molar-refractivity contribution in [3.8, 4) is 0 Å². The van der Waals surface area contributed by atoms with Gasteiger partial charge in [0.25, 0.3) is 0 Å². The van der Waals surface area contributed by atoms with Crippen molar-refractivity contribution >= 4 is 22.4 Å². The summed E-state index contributed by atoms with van der Waals surface area (Å²) in [6.45, 7) is 7.45. The van der Waals surface area contributed by atoms with Crippen molar-refractivity contribution in [1.82, 2.24) is 9.88 Å². The zero-order valence-corrected chi connectivity index (χ0v) is 13.3. The third-order valence-corrected chi connectivity index (χ3v) is 4.43. The summed E-state index contributed by atoms with van der Waals surface area (Å²) in [5.74, 6) is -0.365. The van der Waals surface area contributed by atoms with Gasteiger partial charge in [0.05, 0.1) is 7.11 Å². The van der Waals surface area contributed by atoms with Crippen molar-refractivity contribution < 1.29 is 9.53 Å². The van der Waals surface area contributed by atoms with Crippen LogP contribution in [0.5, 0.6) is 0 Å². The molecule has 1 aromatic heterocycles. The van der Waals surface area contributed by atoms with Gasteiger partial charge >= 0.3 is 5.97 Å². The molecular weight excluding hydrogens is 274 g/mol. The van der Waals surface area contributed by atoms with Gasteiger partial charge in [-0.05, 0) is 39.8 Å². The molecule has 5 nitrogen and oxygen atoms in total. The first-order valence-electron chi connectivity index (χ1n) is 7.14. The molecule has 0 aromatic carbocycles. The van der Waals surface area contributed by atoms with Crippen LogP contribution in [-0.2, 0) is 4.74 Å². The van der Waals surface area contributed by atoms with E-state index in [1.54, 1.807) is 0 Å². The fourth-order valence-corrected chi connectivity index (χ4v) is 3.44. The molecule has 1 fully saturated rings. The molecule has 112 valence electrons. The van der Waals surface area contributed by atoms with Crippen LogP contribution in [0.15, 0.2) is 0 Å². The average molecular weight is 297 g/mol. The highest BCUT2D eigenvalue weighted by Gasteiger charge is 2.18. The zero-order chi connectivity index (χ0) is 14.5. The molecular formula is C14H23N3O2S. The number of likely N-dealkylation sites (tertiary alicyclic amines) is 1. The minimum atomic E-state index is -0.365. The Balaban J connectivity index is 1.90. The molecule has 0 radical (unpaired) electrons. The molecule has 1 aliphatic heterocycles. The monoisotopic (exact) mass is 297 g/mol. The second kappa shape index (κ2) is 7.04. The minimum absolute atomic E-state index is 0.323. The molecule has 1 aliphatic rings. The van der Waals surface area contributed by atoms with Gasteiger partial charge in [-0.1, -0.05) is 6.42 Å². The summed E-state index contributed by atoms with van der Waals surface area (Å²) in [6.07, 6.45) is 3.96. The smallest absolute Gasteiger partial charge is 0.357 e.